The summed E-state index contributed by atoms with van der Waals surface area (Å²) in [7, 11) is -3.82. The Bertz CT molecular complexity index is 801. The molecule has 0 fully saturated rings. The van der Waals surface area contributed by atoms with Gasteiger partial charge in [-0.05, 0) is 35.6 Å². The smallest absolute Gasteiger partial charge is 0.305 e. The molecular weight excluding hydrogens is 338 g/mol. The van der Waals surface area contributed by atoms with Crippen molar-refractivity contribution in [1.29, 1.82) is 0 Å². The molecule has 0 aliphatic rings. The molecule has 0 spiro atoms. The number of hydrogen-bond acceptors (Lipinski definition) is 3. The Morgan fingerprint density at radius 1 is 1.04 bits per heavy atom. The zero-order valence-corrected chi connectivity index (χ0v) is 15.2. The lowest BCUT2D eigenvalue weighted by Gasteiger charge is -2.18. The Morgan fingerprint density at radius 3 is 2.16 bits per heavy atom. The third-order valence-corrected chi connectivity index (χ3v) is 5.74. The van der Waals surface area contributed by atoms with E-state index >= 15 is 0 Å². The molecule has 0 aromatic heterocycles. The number of sulfonamides is 1. The Hall–Kier alpha value is -2.18. The predicted molar refractivity (Wildman–Crippen MR) is 96.9 cm³/mol. The first-order chi connectivity index (χ1) is 11.8. The maximum Gasteiger partial charge on any atom is 0.305 e. The molecule has 2 aromatic carbocycles. The molecule has 0 radical (unpaired) electrons. The molecular formula is C19H23NO4S. The van der Waals surface area contributed by atoms with Crippen molar-refractivity contribution >= 4 is 16.0 Å². The number of aliphatic carboxylic acids is 1. The molecule has 0 amide bonds. The van der Waals surface area contributed by atoms with Crippen molar-refractivity contribution in [3.05, 3.63) is 65.7 Å². The van der Waals surface area contributed by atoms with Gasteiger partial charge in [0, 0.05) is 0 Å². The molecule has 0 unspecified atom stereocenters. The van der Waals surface area contributed by atoms with Crippen LogP contribution in [0.25, 0.3) is 0 Å². The van der Waals surface area contributed by atoms with Crippen LogP contribution >= 0.6 is 0 Å². The summed E-state index contributed by atoms with van der Waals surface area (Å²) in [5, 5.41) is 9.10. The molecule has 0 saturated carbocycles. The van der Waals surface area contributed by atoms with E-state index in [-0.39, 0.29) is 11.3 Å². The Labute approximate surface area is 148 Å². The summed E-state index contributed by atoms with van der Waals surface area (Å²) in [5.41, 5.74) is 1.69. The fourth-order valence-corrected chi connectivity index (χ4v) is 3.78. The quantitative estimate of drug-likeness (QED) is 0.751. The number of rotatable bonds is 8. The van der Waals surface area contributed by atoms with Gasteiger partial charge in [0.2, 0.25) is 10.0 Å². The maximum atomic E-state index is 12.6. The van der Waals surface area contributed by atoms with Crippen LogP contribution in [-0.4, -0.2) is 19.5 Å². The lowest BCUT2D eigenvalue weighted by Crippen LogP contribution is -2.30. The molecule has 2 N–H and O–H groups in total. The molecule has 2 rings (SSSR count). The summed E-state index contributed by atoms with van der Waals surface area (Å²) < 4.78 is 27.8. The topological polar surface area (TPSA) is 83.5 Å². The number of hydrogen-bond donors (Lipinski definition) is 2. The highest BCUT2D eigenvalue weighted by Gasteiger charge is 2.23. The van der Waals surface area contributed by atoms with Crippen molar-refractivity contribution in [2.24, 2.45) is 0 Å². The zero-order chi connectivity index (χ0) is 18.4. The monoisotopic (exact) mass is 361 g/mol. The largest absolute Gasteiger partial charge is 0.481 e. The number of carbonyl (C=O) groups is 1. The van der Waals surface area contributed by atoms with E-state index in [1.54, 1.807) is 54.6 Å². The fourth-order valence-electron chi connectivity index (χ4n) is 2.55. The average Bonchev–Trinajstić information content (AvgIpc) is 2.61. The summed E-state index contributed by atoms with van der Waals surface area (Å²) in [5.74, 6) is -0.711. The van der Waals surface area contributed by atoms with Crippen LogP contribution < -0.4 is 4.72 Å². The van der Waals surface area contributed by atoms with E-state index in [1.807, 2.05) is 0 Å². The van der Waals surface area contributed by atoms with Gasteiger partial charge in [-0.3, -0.25) is 4.79 Å². The third kappa shape index (κ3) is 5.14. The zero-order valence-electron chi connectivity index (χ0n) is 14.3. The van der Waals surface area contributed by atoms with Gasteiger partial charge in [-0.1, -0.05) is 56.3 Å². The first-order valence-electron chi connectivity index (χ1n) is 8.22. The first-order valence-corrected chi connectivity index (χ1v) is 9.71. The molecule has 6 heteroatoms. The Balaban J connectivity index is 2.26. The van der Waals surface area contributed by atoms with E-state index < -0.39 is 22.0 Å². The van der Waals surface area contributed by atoms with Crippen LogP contribution in [0.15, 0.2) is 59.5 Å². The van der Waals surface area contributed by atoms with Crippen LogP contribution in [0.2, 0.25) is 0 Å². The second kappa shape index (κ2) is 8.27. The van der Waals surface area contributed by atoms with Gasteiger partial charge < -0.3 is 5.11 Å². The van der Waals surface area contributed by atoms with Crippen molar-refractivity contribution in [3.63, 3.8) is 0 Å². The molecule has 0 saturated heterocycles. The third-order valence-electron chi connectivity index (χ3n) is 4.25. The van der Waals surface area contributed by atoms with Crippen LogP contribution in [0.3, 0.4) is 0 Å². The van der Waals surface area contributed by atoms with Gasteiger partial charge in [0.1, 0.15) is 0 Å². The minimum Gasteiger partial charge on any atom is -0.481 e. The standard InChI is InChI=1S/C19H23NO4S/c1-3-14(2)15-9-11-17(12-10-15)25(23,24)20-18(13-19(21)22)16-7-5-4-6-8-16/h4-12,14,18,20H,3,13H2,1-2H3,(H,21,22)/t14-,18-/m1/s1. The van der Waals surface area contributed by atoms with Crippen molar-refractivity contribution in [2.45, 2.75) is 43.5 Å². The van der Waals surface area contributed by atoms with Crippen molar-refractivity contribution in [3.8, 4) is 0 Å². The highest BCUT2D eigenvalue weighted by atomic mass is 32.2. The second-order valence-corrected chi connectivity index (χ2v) is 7.77. The molecule has 25 heavy (non-hydrogen) atoms. The summed E-state index contributed by atoms with van der Waals surface area (Å²) in [6, 6.07) is 14.6. The van der Waals surface area contributed by atoms with E-state index in [2.05, 4.69) is 18.6 Å². The Morgan fingerprint density at radius 2 is 1.64 bits per heavy atom. The van der Waals surface area contributed by atoms with Crippen molar-refractivity contribution < 1.29 is 18.3 Å². The van der Waals surface area contributed by atoms with Crippen molar-refractivity contribution in [1.82, 2.24) is 4.72 Å². The van der Waals surface area contributed by atoms with E-state index in [0.29, 0.717) is 11.5 Å². The van der Waals surface area contributed by atoms with Crippen LogP contribution in [0.1, 0.15) is 49.8 Å². The molecule has 0 aliphatic heterocycles. The van der Waals surface area contributed by atoms with Crippen LogP contribution in [0.4, 0.5) is 0 Å². The van der Waals surface area contributed by atoms with Gasteiger partial charge in [-0.2, -0.15) is 0 Å². The molecule has 2 atom stereocenters. The number of nitrogens with one attached hydrogen (secondary N) is 1. The minimum atomic E-state index is -3.82. The van der Waals surface area contributed by atoms with Gasteiger partial charge in [-0.15, -0.1) is 0 Å². The van der Waals surface area contributed by atoms with E-state index in [0.717, 1.165) is 12.0 Å². The van der Waals surface area contributed by atoms with Crippen LogP contribution in [0.5, 0.6) is 0 Å². The average molecular weight is 361 g/mol. The highest BCUT2D eigenvalue weighted by Crippen LogP contribution is 2.23. The minimum absolute atomic E-state index is 0.130. The normalized spacial score (nSPS) is 14.0. The highest BCUT2D eigenvalue weighted by molar-refractivity contribution is 7.89. The number of benzene rings is 2. The molecule has 0 bridgehead atoms. The van der Waals surface area contributed by atoms with Crippen LogP contribution in [-0.2, 0) is 14.8 Å². The van der Waals surface area contributed by atoms with Crippen molar-refractivity contribution in [2.75, 3.05) is 0 Å². The first kappa shape index (κ1) is 19.1. The summed E-state index contributed by atoms with van der Waals surface area (Å²) in [6.45, 7) is 4.16. The van der Waals surface area contributed by atoms with Gasteiger partial charge in [0.25, 0.3) is 0 Å². The van der Waals surface area contributed by atoms with E-state index in [4.69, 9.17) is 5.11 Å². The second-order valence-electron chi connectivity index (χ2n) is 6.06. The fraction of sp³-hybridized carbons (Fsp3) is 0.316. The van der Waals surface area contributed by atoms with E-state index in [1.165, 1.54) is 0 Å². The SMILES string of the molecule is CC[C@@H](C)c1ccc(S(=O)(=O)N[C@H](CC(=O)O)c2ccccc2)cc1. The lowest BCUT2D eigenvalue weighted by molar-refractivity contribution is -0.137. The number of carboxylic acid groups (broad SMARTS) is 1. The van der Waals surface area contributed by atoms with Crippen LogP contribution in [0, 0.1) is 0 Å². The molecule has 0 aliphatic carbocycles. The van der Waals surface area contributed by atoms with Gasteiger partial charge in [-0.25, -0.2) is 13.1 Å². The lowest BCUT2D eigenvalue weighted by atomic mass is 9.99. The van der Waals surface area contributed by atoms with E-state index in [9.17, 15) is 13.2 Å². The molecule has 5 nitrogen and oxygen atoms in total. The maximum absolute atomic E-state index is 12.6. The molecule has 134 valence electrons. The summed E-state index contributed by atoms with van der Waals surface area (Å²) in [6.07, 6.45) is 0.646. The number of carboxylic acids is 1. The molecule has 0 heterocycles. The Kier molecular flexibility index (Phi) is 6.33. The van der Waals surface area contributed by atoms with Gasteiger partial charge >= 0.3 is 5.97 Å². The van der Waals surface area contributed by atoms with Gasteiger partial charge in [0.15, 0.2) is 0 Å². The summed E-state index contributed by atoms with van der Waals surface area (Å²) in [4.78, 5) is 11.3. The predicted octanol–water partition coefficient (Wildman–Crippen LogP) is 3.69. The molecule has 2 aromatic rings. The van der Waals surface area contributed by atoms with Gasteiger partial charge in [0.05, 0.1) is 17.4 Å². The summed E-state index contributed by atoms with van der Waals surface area (Å²) >= 11 is 0.